The molecule has 1 heterocycles. The lowest BCUT2D eigenvalue weighted by atomic mass is 10.1. The van der Waals surface area contributed by atoms with Crippen LogP contribution >= 0.6 is 0 Å². The molecule has 1 aromatic carbocycles. The number of benzene rings is 1. The van der Waals surface area contributed by atoms with Crippen LogP contribution in [-0.4, -0.2) is 19.1 Å². The average Bonchev–Trinajstić information content (AvgIpc) is 2.72. The summed E-state index contributed by atoms with van der Waals surface area (Å²) in [7, 11) is 0. The molecular formula is C14H17NO2. The van der Waals surface area contributed by atoms with E-state index in [0.717, 1.165) is 24.4 Å². The quantitative estimate of drug-likeness (QED) is 0.749. The van der Waals surface area contributed by atoms with Gasteiger partial charge in [-0.15, -0.1) is 0 Å². The first-order valence-electron chi connectivity index (χ1n) is 5.92. The highest BCUT2D eigenvalue weighted by Gasteiger charge is 2.33. The van der Waals surface area contributed by atoms with Gasteiger partial charge in [0.15, 0.2) is 0 Å². The van der Waals surface area contributed by atoms with Crippen molar-refractivity contribution in [2.45, 2.75) is 13.3 Å². The van der Waals surface area contributed by atoms with E-state index < -0.39 is 0 Å². The third-order valence-corrected chi connectivity index (χ3v) is 3.03. The molecule has 0 aliphatic carbocycles. The van der Waals surface area contributed by atoms with Gasteiger partial charge in [0.05, 0.1) is 12.5 Å². The van der Waals surface area contributed by atoms with E-state index in [1.165, 1.54) is 0 Å². The van der Waals surface area contributed by atoms with Crippen LogP contribution in [0.5, 0.6) is 0 Å². The van der Waals surface area contributed by atoms with Gasteiger partial charge < -0.3 is 9.64 Å². The molecule has 1 saturated heterocycles. The lowest BCUT2D eigenvalue weighted by Gasteiger charge is -2.20. The molecule has 0 radical (unpaired) electrons. The van der Waals surface area contributed by atoms with Gasteiger partial charge in [0.2, 0.25) is 0 Å². The molecule has 1 fully saturated rings. The zero-order valence-electron chi connectivity index (χ0n) is 10.1. The summed E-state index contributed by atoms with van der Waals surface area (Å²) in [5.74, 6) is -0.342. The fraction of sp³-hybridized carbons (Fsp3) is 0.357. The lowest BCUT2D eigenvalue weighted by molar-refractivity contribution is -0.146. The van der Waals surface area contributed by atoms with Crippen molar-refractivity contribution < 1.29 is 9.53 Å². The summed E-state index contributed by atoms with van der Waals surface area (Å²) in [4.78, 5) is 13.8. The number of anilines is 1. The Morgan fingerprint density at radius 2 is 2.18 bits per heavy atom. The number of carbonyl (C=O) groups excluding carboxylic acids is 1. The number of ether oxygens (including phenoxy) is 1. The molecule has 1 aliphatic heterocycles. The minimum Gasteiger partial charge on any atom is -0.465 e. The Bertz CT molecular complexity index is 413. The van der Waals surface area contributed by atoms with Crippen LogP contribution in [0.3, 0.4) is 0 Å². The van der Waals surface area contributed by atoms with E-state index >= 15 is 0 Å². The van der Waals surface area contributed by atoms with Crippen molar-refractivity contribution >= 4 is 11.7 Å². The maximum absolute atomic E-state index is 11.7. The Labute approximate surface area is 102 Å². The monoisotopic (exact) mass is 231 g/mol. The standard InChI is InChI=1S/C14H17NO2/c1-3-17-14(16)13-9-10-15(11(13)2)12-7-5-4-6-8-12/h4-8,13H,2-3,9-10H2,1H3. The summed E-state index contributed by atoms with van der Waals surface area (Å²) >= 11 is 0. The molecule has 1 atom stereocenters. The first-order chi connectivity index (χ1) is 8.24. The molecule has 1 aliphatic rings. The van der Waals surface area contributed by atoms with Crippen LogP contribution in [0.15, 0.2) is 42.6 Å². The van der Waals surface area contributed by atoms with E-state index in [-0.39, 0.29) is 11.9 Å². The number of esters is 1. The summed E-state index contributed by atoms with van der Waals surface area (Å²) in [6.07, 6.45) is 0.784. The van der Waals surface area contributed by atoms with E-state index in [1.54, 1.807) is 0 Å². The first kappa shape index (κ1) is 11.7. The molecule has 0 spiro atoms. The third kappa shape index (κ3) is 2.33. The van der Waals surface area contributed by atoms with Crippen molar-refractivity contribution in [1.82, 2.24) is 0 Å². The summed E-state index contributed by atoms with van der Waals surface area (Å²) in [5, 5.41) is 0. The van der Waals surface area contributed by atoms with Crippen molar-refractivity contribution in [2.75, 3.05) is 18.1 Å². The van der Waals surface area contributed by atoms with E-state index in [2.05, 4.69) is 11.5 Å². The highest BCUT2D eigenvalue weighted by atomic mass is 16.5. The second kappa shape index (κ2) is 5.04. The Morgan fingerprint density at radius 1 is 1.47 bits per heavy atom. The largest absolute Gasteiger partial charge is 0.465 e. The smallest absolute Gasteiger partial charge is 0.314 e. The van der Waals surface area contributed by atoms with Crippen LogP contribution in [0.2, 0.25) is 0 Å². The number of hydrogen-bond acceptors (Lipinski definition) is 3. The van der Waals surface area contributed by atoms with E-state index in [4.69, 9.17) is 4.74 Å². The average molecular weight is 231 g/mol. The summed E-state index contributed by atoms with van der Waals surface area (Å²) in [6.45, 7) is 7.10. The molecule has 0 amide bonds. The normalized spacial score (nSPS) is 19.5. The summed E-state index contributed by atoms with van der Waals surface area (Å²) < 4.78 is 5.05. The molecule has 1 unspecified atom stereocenters. The van der Waals surface area contributed by atoms with Crippen molar-refractivity contribution in [2.24, 2.45) is 5.92 Å². The lowest BCUT2D eigenvalue weighted by Crippen LogP contribution is -2.21. The van der Waals surface area contributed by atoms with Crippen LogP contribution in [0.25, 0.3) is 0 Å². The van der Waals surface area contributed by atoms with Crippen LogP contribution in [-0.2, 0) is 9.53 Å². The van der Waals surface area contributed by atoms with Gasteiger partial charge in [0, 0.05) is 17.9 Å². The predicted molar refractivity (Wildman–Crippen MR) is 67.7 cm³/mol. The molecular weight excluding hydrogens is 214 g/mol. The molecule has 0 N–H and O–H groups in total. The van der Waals surface area contributed by atoms with Gasteiger partial charge in [-0.25, -0.2) is 0 Å². The highest BCUT2D eigenvalue weighted by molar-refractivity contribution is 5.78. The van der Waals surface area contributed by atoms with E-state index in [1.807, 2.05) is 37.3 Å². The van der Waals surface area contributed by atoms with Crippen molar-refractivity contribution in [3.8, 4) is 0 Å². The maximum Gasteiger partial charge on any atom is 0.314 e. The number of rotatable bonds is 3. The topological polar surface area (TPSA) is 29.5 Å². The molecule has 1 aromatic rings. The van der Waals surface area contributed by atoms with Gasteiger partial charge in [0.1, 0.15) is 0 Å². The minimum absolute atomic E-state index is 0.157. The van der Waals surface area contributed by atoms with Crippen molar-refractivity contribution in [3.05, 3.63) is 42.6 Å². The first-order valence-corrected chi connectivity index (χ1v) is 5.92. The van der Waals surface area contributed by atoms with Gasteiger partial charge in [0.25, 0.3) is 0 Å². The van der Waals surface area contributed by atoms with Crippen LogP contribution < -0.4 is 4.90 Å². The highest BCUT2D eigenvalue weighted by Crippen LogP contribution is 2.32. The molecule has 17 heavy (non-hydrogen) atoms. The molecule has 3 heteroatoms. The molecule has 3 nitrogen and oxygen atoms in total. The minimum atomic E-state index is -0.185. The molecule has 2 rings (SSSR count). The predicted octanol–water partition coefficient (Wildman–Crippen LogP) is 2.59. The van der Waals surface area contributed by atoms with Gasteiger partial charge in [-0.1, -0.05) is 24.8 Å². The number of carbonyl (C=O) groups is 1. The zero-order chi connectivity index (χ0) is 12.3. The molecule has 0 aromatic heterocycles. The van der Waals surface area contributed by atoms with Crippen molar-refractivity contribution in [1.29, 1.82) is 0 Å². The van der Waals surface area contributed by atoms with Crippen molar-refractivity contribution in [3.63, 3.8) is 0 Å². The molecule has 0 bridgehead atoms. The van der Waals surface area contributed by atoms with Gasteiger partial charge >= 0.3 is 5.97 Å². The van der Waals surface area contributed by atoms with Crippen LogP contribution in [0.1, 0.15) is 13.3 Å². The Hall–Kier alpha value is -1.77. The Balaban J connectivity index is 2.10. The summed E-state index contributed by atoms with van der Waals surface area (Å²) in [6, 6.07) is 10.0. The number of nitrogens with zero attached hydrogens (tertiary/aromatic N) is 1. The Kier molecular flexibility index (Phi) is 3.47. The fourth-order valence-corrected chi connectivity index (χ4v) is 2.16. The number of para-hydroxylation sites is 1. The summed E-state index contributed by atoms with van der Waals surface area (Å²) in [5.41, 5.74) is 1.93. The maximum atomic E-state index is 11.7. The van der Waals surface area contributed by atoms with Gasteiger partial charge in [-0.05, 0) is 25.5 Å². The number of hydrogen-bond donors (Lipinski definition) is 0. The zero-order valence-corrected chi connectivity index (χ0v) is 10.1. The third-order valence-electron chi connectivity index (χ3n) is 3.03. The fourth-order valence-electron chi connectivity index (χ4n) is 2.16. The van der Waals surface area contributed by atoms with E-state index in [0.29, 0.717) is 6.61 Å². The van der Waals surface area contributed by atoms with E-state index in [9.17, 15) is 4.79 Å². The molecule has 90 valence electrons. The molecule has 0 saturated carbocycles. The SMILES string of the molecule is C=C1C(C(=O)OCC)CCN1c1ccccc1. The second-order valence-corrected chi connectivity index (χ2v) is 4.07. The Morgan fingerprint density at radius 3 is 2.82 bits per heavy atom. The van der Waals surface area contributed by atoms with Gasteiger partial charge in [-0.3, -0.25) is 4.79 Å². The van der Waals surface area contributed by atoms with Crippen LogP contribution in [0, 0.1) is 5.92 Å². The van der Waals surface area contributed by atoms with Crippen LogP contribution in [0.4, 0.5) is 5.69 Å². The van der Waals surface area contributed by atoms with Gasteiger partial charge in [-0.2, -0.15) is 0 Å². The second-order valence-electron chi connectivity index (χ2n) is 4.07.